The maximum Gasteiger partial charge on any atom is 0.404 e. The number of aryl methyl sites for hydroxylation is 1. The normalized spacial score (nSPS) is 15.7. The fraction of sp³-hybridized carbons (Fsp3) is 0.227. The van der Waals surface area contributed by atoms with Crippen molar-refractivity contribution in [3.63, 3.8) is 0 Å². The van der Waals surface area contributed by atoms with E-state index in [1.165, 1.54) is 17.4 Å². The maximum atomic E-state index is 12.4. The molecule has 4 rings (SSSR count). The minimum absolute atomic E-state index is 0.121. The van der Waals surface area contributed by atoms with Crippen molar-refractivity contribution < 1.29 is 19.4 Å². The molecule has 1 atom stereocenters. The highest BCUT2D eigenvalue weighted by Crippen LogP contribution is 2.43. The Morgan fingerprint density at radius 1 is 1.37 bits per heavy atom. The number of nitrogens with one attached hydrogen (secondary N) is 1. The van der Waals surface area contributed by atoms with Crippen LogP contribution >= 0.6 is 22.9 Å². The molecular formula is C22H21ClN3O3S+. The lowest BCUT2D eigenvalue weighted by molar-refractivity contribution is -0.748. The third-order valence-corrected chi connectivity index (χ3v) is 6.71. The lowest BCUT2D eigenvalue weighted by Crippen LogP contribution is -2.40. The van der Waals surface area contributed by atoms with Gasteiger partial charge < -0.3 is 10.0 Å². The number of aromatic amines is 1. The molecule has 2 aromatic heterocycles. The summed E-state index contributed by atoms with van der Waals surface area (Å²) in [5.74, 6) is -1.25. The Morgan fingerprint density at radius 3 is 2.83 bits per heavy atom. The molecular weight excluding hydrogens is 422 g/mol. The SMILES string of the molecule is C=CC(=O)N1Cc2sc(Cl)cc2[C@H](c2ccccc2-c2c[nH][n+](CC)c2C(=O)O)C1. The van der Waals surface area contributed by atoms with Crippen LogP contribution in [0.4, 0.5) is 0 Å². The number of aromatic carboxylic acids is 1. The van der Waals surface area contributed by atoms with Gasteiger partial charge in [-0.2, -0.15) is 5.10 Å². The van der Waals surface area contributed by atoms with Gasteiger partial charge in [-0.25, -0.2) is 4.79 Å². The summed E-state index contributed by atoms with van der Waals surface area (Å²) in [5, 5.41) is 12.8. The molecule has 0 unspecified atom stereocenters. The number of carbonyl (C=O) groups excluding carboxylic acids is 1. The number of carboxylic acids is 1. The molecule has 154 valence electrons. The number of hydrogen-bond donors (Lipinski definition) is 2. The minimum atomic E-state index is -0.991. The molecule has 0 radical (unpaired) electrons. The van der Waals surface area contributed by atoms with Gasteiger partial charge in [-0.3, -0.25) is 4.79 Å². The first kappa shape index (κ1) is 20.4. The van der Waals surface area contributed by atoms with Crippen LogP contribution in [0.25, 0.3) is 11.1 Å². The standard InChI is InChI=1S/C22H20ClN3O3S/c1-3-20(27)25-11-17(15-9-19(23)30-18(15)12-25)14-8-6-5-7-13(14)16-10-24-26(4-2)21(16)22(28)29/h3,5-10,17H,1,4,11-12H2,2H3,(H,28,29)/p+1/t17-/m0/s1. The summed E-state index contributed by atoms with van der Waals surface area (Å²) in [6.07, 6.45) is 3.05. The molecule has 1 aromatic carbocycles. The Kier molecular flexibility index (Phi) is 5.49. The number of carboxylic acid groups (broad SMARTS) is 1. The van der Waals surface area contributed by atoms with E-state index >= 15 is 0 Å². The van der Waals surface area contributed by atoms with E-state index in [-0.39, 0.29) is 17.5 Å². The second-order valence-electron chi connectivity index (χ2n) is 7.08. The summed E-state index contributed by atoms with van der Waals surface area (Å²) >= 11 is 7.79. The van der Waals surface area contributed by atoms with E-state index in [1.807, 2.05) is 37.3 Å². The van der Waals surface area contributed by atoms with Crippen molar-refractivity contribution >= 4 is 34.8 Å². The van der Waals surface area contributed by atoms with Crippen molar-refractivity contribution in [2.24, 2.45) is 0 Å². The van der Waals surface area contributed by atoms with Gasteiger partial charge in [-0.15, -0.1) is 16.0 Å². The molecule has 3 heterocycles. The minimum Gasteiger partial charge on any atom is -0.473 e. The second kappa shape index (κ2) is 8.08. The van der Waals surface area contributed by atoms with Crippen LogP contribution in [0, 0.1) is 0 Å². The first-order valence-electron chi connectivity index (χ1n) is 9.57. The van der Waals surface area contributed by atoms with Crippen LogP contribution in [0.15, 0.2) is 49.2 Å². The van der Waals surface area contributed by atoms with E-state index in [9.17, 15) is 14.7 Å². The molecule has 0 saturated carbocycles. The van der Waals surface area contributed by atoms with Gasteiger partial charge in [0.1, 0.15) is 0 Å². The fourth-order valence-electron chi connectivity index (χ4n) is 4.10. The van der Waals surface area contributed by atoms with E-state index in [0.717, 1.165) is 21.6 Å². The largest absolute Gasteiger partial charge is 0.473 e. The Hall–Kier alpha value is -2.90. The predicted octanol–water partition coefficient (Wildman–Crippen LogP) is 4.06. The van der Waals surface area contributed by atoms with E-state index < -0.39 is 5.97 Å². The van der Waals surface area contributed by atoms with E-state index in [4.69, 9.17) is 11.6 Å². The average molecular weight is 443 g/mol. The molecule has 0 saturated heterocycles. The first-order valence-corrected chi connectivity index (χ1v) is 10.8. The van der Waals surface area contributed by atoms with E-state index in [0.29, 0.717) is 29.5 Å². The van der Waals surface area contributed by atoms with E-state index in [2.05, 4.69) is 11.7 Å². The second-order valence-corrected chi connectivity index (χ2v) is 8.84. The molecule has 30 heavy (non-hydrogen) atoms. The summed E-state index contributed by atoms with van der Waals surface area (Å²) in [6.45, 7) is 6.99. The Balaban J connectivity index is 1.88. The van der Waals surface area contributed by atoms with Crippen molar-refractivity contribution in [2.75, 3.05) is 6.54 Å². The monoisotopic (exact) mass is 442 g/mol. The van der Waals surface area contributed by atoms with Crippen LogP contribution in [0.2, 0.25) is 4.34 Å². The van der Waals surface area contributed by atoms with Crippen LogP contribution in [-0.2, 0) is 17.9 Å². The number of thiophene rings is 1. The zero-order chi connectivity index (χ0) is 21.4. The summed E-state index contributed by atoms with van der Waals surface area (Å²) in [6, 6.07) is 9.70. The number of benzene rings is 1. The number of carbonyl (C=O) groups is 2. The number of aromatic nitrogens is 2. The summed E-state index contributed by atoms with van der Waals surface area (Å²) in [5.41, 5.74) is 3.70. The van der Waals surface area contributed by atoms with Gasteiger partial charge >= 0.3 is 11.7 Å². The lowest BCUT2D eigenvalue weighted by atomic mass is 9.84. The van der Waals surface area contributed by atoms with Crippen molar-refractivity contribution in [3.8, 4) is 11.1 Å². The third kappa shape index (κ3) is 3.44. The number of halogens is 1. The number of rotatable bonds is 5. The molecule has 0 aliphatic carbocycles. The van der Waals surface area contributed by atoms with Gasteiger partial charge in [0, 0.05) is 17.3 Å². The summed E-state index contributed by atoms with van der Waals surface area (Å²) < 4.78 is 2.28. The molecule has 8 heteroatoms. The molecule has 1 aliphatic rings. The zero-order valence-electron chi connectivity index (χ0n) is 16.4. The molecule has 2 N–H and O–H groups in total. The fourth-order valence-corrected chi connectivity index (χ4v) is 5.46. The van der Waals surface area contributed by atoms with Gasteiger partial charge in [0.2, 0.25) is 5.91 Å². The van der Waals surface area contributed by atoms with Crippen LogP contribution < -0.4 is 4.68 Å². The quantitative estimate of drug-likeness (QED) is 0.462. The number of H-pyrrole nitrogens is 1. The molecule has 0 spiro atoms. The van der Waals surface area contributed by atoms with Crippen LogP contribution in [0.3, 0.4) is 0 Å². The highest BCUT2D eigenvalue weighted by atomic mass is 35.5. The van der Waals surface area contributed by atoms with Crippen molar-refractivity contribution in [1.29, 1.82) is 0 Å². The van der Waals surface area contributed by atoms with Crippen molar-refractivity contribution in [3.05, 3.63) is 75.2 Å². The van der Waals surface area contributed by atoms with Crippen LogP contribution in [0.5, 0.6) is 0 Å². The topological polar surface area (TPSA) is 77.3 Å². The van der Waals surface area contributed by atoms with Crippen molar-refractivity contribution in [2.45, 2.75) is 25.9 Å². The Bertz CT molecular complexity index is 1150. The van der Waals surface area contributed by atoms with Gasteiger partial charge in [-0.1, -0.05) is 42.4 Å². The first-order chi connectivity index (χ1) is 14.4. The molecule has 0 fully saturated rings. The van der Waals surface area contributed by atoms with Gasteiger partial charge in [-0.05, 0) is 35.8 Å². The summed E-state index contributed by atoms with van der Waals surface area (Å²) in [4.78, 5) is 27.2. The molecule has 1 aliphatic heterocycles. The maximum absolute atomic E-state index is 12.4. The van der Waals surface area contributed by atoms with Gasteiger partial charge in [0.15, 0.2) is 6.54 Å². The number of fused-ring (bicyclic) bond motifs is 1. The molecule has 3 aromatic rings. The van der Waals surface area contributed by atoms with Crippen LogP contribution in [-0.4, -0.2) is 33.5 Å². The Morgan fingerprint density at radius 2 is 2.13 bits per heavy atom. The highest BCUT2D eigenvalue weighted by molar-refractivity contribution is 7.16. The smallest absolute Gasteiger partial charge is 0.404 e. The van der Waals surface area contributed by atoms with Crippen molar-refractivity contribution in [1.82, 2.24) is 10.00 Å². The third-order valence-electron chi connectivity index (χ3n) is 5.45. The van der Waals surface area contributed by atoms with E-state index in [1.54, 1.807) is 15.8 Å². The number of nitrogens with zero attached hydrogens (tertiary/aromatic N) is 2. The highest BCUT2D eigenvalue weighted by Gasteiger charge is 2.34. The Labute approximate surface area is 183 Å². The molecule has 1 amide bonds. The van der Waals surface area contributed by atoms with Gasteiger partial charge in [0.05, 0.1) is 22.6 Å². The molecule has 0 bridgehead atoms. The number of amides is 1. The zero-order valence-corrected chi connectivity index (χ0v) is 18.0. The molecule has 6 nitrogen and oxygen atoms in total. The van der Waals surface area contributed by atoms with Gasteiger partial charge in [0.25, 0.3) is 0 Å². The predicted molar refractivity (Wildman–Crippen MR) is 116 cm³/mol. The lowest BCUT2D eigenvalue weighted by Gasteiger charge is -2.33. The number of hydrogen-bond acceptors (Lipinski definition) is 3. The summed E-state index contributed by atoms with van der Waals surface area (Å²) in [7, 11) is 0. The van der Waals surface area contributed by atoms with Crippen LogP contribution in [0.1, 0.15) is 39.3 Å². The average Bonchev–Trinajstić information content (AvgIpc) is 3.34.